The number of aromatic nitrogens is 1. The number of likely N-dealkylation sites (N-methyl/N-ethyl adjacent to an activating group) is 1. The maximum absolute atomic E-state index is 13.2. The largest absolute Gasteiger partial charge is 0.303 e. The van der Waals surface area contributed by atoms with Gasteiger partial charge in [0.25, 0.3) is 10.0 Å². The number of likely N-dealkylation sites (tertiary alicyclic amines) is 1. The number of hydrogen-bond donors (Lipinski definition) is 0. The van der Waals surface area contributed by atoms with Crippen LogP contribution in [0.4, 0.5) is 4.39 Å². The standard InChI is InChI=1S/C20H20ClFN2O2S/c1-23-10-2-3-17(23)11-14-13-24(20-9-4-15(21)12-19(14)20)27(25,26)18-7-5-16(22)6-8-18/h4-9,12-13,17H,2-3,10-11H2,1H3/t17-/m1/s1. The molecule has 3 aromatic rings. The highest BCUT2D eigenvalue weighted by Crippen LogP contribution is 2.31. The first-order valence-electron chi connectivity index (χ1n) is 8.87. The van der Waals surface area contributed by atoms with Gasteiger partial charge in [0.15, 0.2) is 0 Å². The second kappa shape index (κ2) is 6.93. The fourth-order valence-corrected chi connectivity index (χ4v) is 5.37. The quantitative estimate of drug-likeness (QED) is 0.648. The summed E-state index contributed by atoms with van der Waals surface area (Å²) in [5.74, 6) is -0.469. The fourth-order valence-electron chi connectivity index (χ4n) is 3.81. The molecule has 1 atom stereocenters. The molecule has 0 N–H and O–H groups in total. The molecule has 0 bridgehead atoms. The number of halogens is 2. The van der Waals surface area contributed by atoms with Crippen LogP contribution in [-0.2, 0) is 16.4 Å². The van der Waals surface area contributed by atoms with Crippen molar-refractivity contribution < 1.29 is 12.8 Å². The van der Waals surface area contributed by atoms with E-state index >= 15 is 0 Å². The first-order valence-corrected chi connectivity index (χ1v) is 10.7. The van der Waals surface area contributed by atoms with Crippen LogP contribution in [-0.4, -0.2) is 36.9 Å². The van der Waals surface area contributed by atoms with E-state index in [1.807, 2.05) is 6.07 Å². The van der Waals surface area contributed by atoms with Crippen molar-refractivity contribution in [3.63, 3.8) is 0 Å². The van der Waals surface area contributed by atoms with Crippen LogP contribution in [0.1, 0.15) is 18.4 Å². The third kappa shape index (κ3) is 3.37. The number of fused-ring (bicyclic) bond motifs is 1. The Bertz CT molecular complexity index is 1090. The molecule has 4 rings (SSSR count). The van der Waals surface area contributed by atoms with Gasteiger partial charge in [-0.3, -0.25) is 0 Å². The minimum atomic E-state index is -3.83. The molecule has 0 radical (unpaired) electrons. The van der Waals surface area contributed by atoms with E-state index in [0.29, 0.717) is 16.6 Å². The SMILES string of the molecule is CN1CCC[C@@H]1Cc1cn(S(=O)(=O)c2ccc(F)cc2)c2ccc(Cl)cc12. The molecule has 1 aromatic heterocycles. The maximum atomic E-state index is 13.2. The maximum Gasteiger partial charge on any atom is 0.268 e. The summed E-state index contributed by atoms with van der Waals surface area (Å²) < 4.78 is 40.8. The average molecular weight is 407 g/mol. The van der Waals surface area contributed by atoms with Gasteiger partial charge in [0.1, 0.15) is 5.82 Å². The summed E-state index contributed by atoms with van der Waals surface area (Å²) in [5, 5.41) is 1.41. The summed E-state index contributed by atoms with van der Waals surface area (Å²) in [6.45, 7) is 1.05. The molecule has 4 nitrogen and oxygen atoms in total. The van der Waals surface area contributed by atoms with Gasteiger partial charge < -0.3 is 4.90 Å². The van der Waals surface area contributed by atoms with E-state index in [1.54, 1.807) is 18.3 Å². The molecular weight excluding hydrogens is 387 g/mol. The average Bonchev–Trinajstić information content (AvgIpc) is 3.20. The van der Waals surface area contributed by atoms with Gasteiger partial charge in [0, 0.05) is 22.6 Å². The Morgan fingerprint density at radius 1 is 1.19 bits per heavy atom. The smallest absolute Gasteiger partial charge is 0.268 e. The second-order valence-corrected chi connectivity index (χ2v) is 9.30. The molecule has 1 aliphatic rings. The fraction of sp³-hybridized carbons (Fsp3) is 0.300. The summed E-state index contributed by atoms with van der Waals surface area (Å²) in [7, 11) is -1.73. The van der Waals surface area contributed by atoms with Gasteiger partial charge in [-0.25, -0.2) is 16.8 Å². The van der Waals surface area contributed by atoms with E-state index in [4.69, 9.17) is 11.6 Å². The molecule has 142 valence electrons. The van der Waals surface area contributed by atoms with Crippen LogP contribution in [0.25, 0.3) is 10.9 Å². The lowest BCUT2D eigenvalue weighted by atomic mass is 10.0. The Hall–Kier alpha value is -1.89. The second-order valence-electron chi connectivity index (χ2n) is 7.05. The van der Waals surface area contributed by atoms with Crippen molar-refractivity contribution >= 4 is 32.5 Å². The summed E-state index contributed by atoms with van der Waals surface area (Å²) in [6, 6.07) is 10.5. The predicted octanol–water partition coefficient (Wildman–Crippen LogP) is 4.31. The monoisotopic (exact) mass is 406 g/mol. The Kier molecular flexibility index (Phi) is 4.74. The van der Waals surface area contributed by atoms with Crippen LogP contribution in [0, 0.1) is 5.82 Å². The van der Waals surface area contributed by atoms with Crippen LogP contribution < -0.4 is 0 Å². The summed E-state index contributed by atoms with van der Waals surface area (Å²) in [5.41, 5.74) is 1.54. The molecule has 0 amide bonds. The molecule has 0 saturated carbocycles. The summed E-state index contributed by atoms with van der Waals surface area (Å²) in [6.07, 6.45) is 4.69. The third-order valence-electron chi connectivity index (χ3n) is 5.31. The van der Waals surface area contributed by atoms with Gasteiger partial charge >= 0.3 is 0 Å². The lowest BCUT2D eigenvalue weighted by Crippen LogP contribution is -2.26. The normalized spacial score (nSPS) is 18.4. The molecule has 2 heterocycles. The van der Waals surface area contributed by atoms with Crippen molar-refractivity contribution in [3.05, 3.63) is 65.1 Å². The lowest BCUT2D eigenvalue weighted by molar-refractivity contribution is 0.310. The zero-order valence-electron chi connectivity index (χ0n) is 14.9. The molecule has 2 aromatic carbocycles. The molecule has 0 unspecified atom stereocenters. The topological polar surface area (TPSA) is 42.3 Å². The molecule has 1 saturated heterocycles. The van der Waals surface area contributed by atoms with Crippen LogP contribution in [0.15, 0.2) is 53.6 Å². The zero-order valence-corrected chi connectivity index (χ0v) is 16.5. The predicted molar refractivity (Wildman–Crippen MR) is 105 cm³/mol. The minimum Gasteiger partial charge on any atom is -0.303 e. The van der Waals surface area contributed by atoms with E-state index in [9.17, 15) is 12.8 Å². The van der Waals surface area contributed by atoms with E-state index in [2.05, 4.69) is 11.9 Å². The first kappa shape index (κ1) is 18.5. The highest BCUT2D eigenvalue weighted by Gasteiger charge is 2.26. The molecule has 1 fully saturated rings. The first-order chi connectivity index (χ1) is 12.9. The minimum absolute atomic E-state index is 0.0558. The Balaban J connectivity index is 1.84. The van der Waals surface area contributed by atoms with E-state index in [0.717, 1.165) is 48.9 Å². The summed E-state index contributed by atoms with van der Waals surface area (Å²) in [4.78, 5) is 2.36. The Morgan fingerprint density at radius 3 is 2.59 bits per heavy atom. The van der Waals surface area contributed by atoms with Crippen molar-refractivity contribution in [1.29, 1.82) is 0 Å². The molecular formula is C20H20ClFN2O2S. The molecule has 0 aliphatic carbocycles. The van der Waals surface area contributed by atoms with Gasteiger partial charge in [0.05, 0.1) is 10.4 Å². The van der Waals surface area contributed by atoms with Gasteiger partial charge in [-0.05, 0) is 80.9 Å². The van der Waals surface area contributed by atoms with Crippen LogP contribution in [0.2, 0.25) is 5.02 Å². The highest BCUT2D eigenvalue weighted by atomic mass is 35.5. The van der Waals surface area contributed by atoms with Gasteiger partial charge in [-0.1, -0.05) is 11.6 Å². The number of hydrogen-bond acceptors (Lipinski definition) is 3. The zero-order chi connectivity index (χ0) is 19.2. The van der Waals surface area contributed by atoms with Gasteiger partial charge in [-0.2, -0.15) is 0 Å². The van der Waals surface area contributed by atoms with Gasteiger partial charge in [0.2, 0.25) is 0 Å². The van der Waals surface area contributed by atoms with E-state index in [-0.39, 0.29) is 4.90 Å². The van der Waals surface area contributed by atoms with Crippen molar-refractivity contribution in [2.24, 2.45) is 0 Å². The van der Waals surface area contributed by atoms with Crippen molar-refractivity contribution in [2.45, 2.75) is 30.2 Å². The third-order valence-corrected chi connectivity index (χ3v) is 7.24. The number of nitrogens with zero attached hydrogens (tertiary/aromatic N) is 2. The number of rotatable bonds is 4. The van der Waals surface area contributed by atoms with Crippen LogP contribution in [0.5, 0.6) is 0 Å². The van der Waals surface area contributed by atoms with Crippen molar-refractivity contribution in [1.82, 2.24) is 8.87 Å². The molecule has 27 heavy (non-hydrogen) atoms. The van der Waals surface area contributed by atoms with E-state index in [1.165, 1.54) is 16.1 Å². The number of benzene rings is 2. The van der Waals surface area contributed by atoms with E-state index < -0.39 is 15.8 Å². The van der Waals surface area contributed by atoms with Crippen LogP contribution in [0.3, 0.4) is 0 Å². The van der Waals surface area contributed by atoms with Crippen molar-refractivity contribution in [2.75, 3.05) is 13.6 Å². The molecule has 0 spiro atoms. The highest BCUT2D eigenvalue weighted by molar-refractivity contribution is 7.90. The molecule has 1 aliphatic heterocycles. The lowest BCUT2D eigenvalue weighted by Gasteiger charge is -2.18. The Labute approximate surface area is 163 Å². The molecule has 7 heteroatoms. The van der Waals surface area contributed by atoms with Crippen LogP contribution >= 0.6 is 11.6 Å². The summed E-state index contributed by atoms with van der Waals surface area (Å²) >= 11 is 6.18. The Morgan fingerprint density at radius 2 is 1.93 bits per heavy atom. The van der Waals surface area contributed by atoms with Gasteiger partial charge in [-0.15, -0.1) is 0 Å². The van der Waals surface area contributed by atoms with Crippen molar-refractivity contribution in [3.8, 4) is 0 Å².